The van der Waals surface area contributed by atoms with E-state index in [1.807, 2.05) is 97.1 Å². The first-order valence-electron chi connectivity index (χ1n) is 10.9. The molecule has 0 aromatic heterocycles. The molecule has 0 amide bonds. The normalized spacial score (nSPS) is 10.6. The van der Waals surface area contributed by atoms with Crippen molar-refractivity contribution in [2.75, 3.05) is 10.4 Å². The van der Waals surface area contributed by atoms with Gasteiger partial charge in [0.15, 0.2) is 0 Å². The van der Waals surface area contributed by atoms with Crippen LogP contribution in [0.1, 0.15) is 0 Å². The van der Waals surface area contributed by atoms with Crippen molar-refractivity contribution in [3.63, 3.8) is 0 Å². The molecule has 0 fully saturated rings. The van der Waals surface area contributed by atoms with Crippen LogP contribution < -0.4 is 10.4 Å². The number of nitrogens with one attached hydrogen (secondary N) is 1. The second-order valence-electron chi connectivity index (χ2n) is 7.82. The molecule has 2 N–H and O–H groups in total. The van der Waals surface area contributed by atoms with E-state index >= 15 is 0 Å². The third-order valence-corrected chi connectivity index (χ3v) is 5.58. The van der Waals surface area contributed by atoms with Gasteiger partial charge in [0.25, 0.3) is 0 Å². The van der Waals surface area contributed by atoms with Crippen LogP contribution in [0.25, 0.3) is 22.3 Å². The number of hydrogen-bond acceptors (Lipinski definition) is 3. The lowest BCUT2D eigenvalue weighted by Gasteiger charge is -2.22. The van der Waals surface area contributed by atoms with E-state index in [-0.39, 0.29) is 0 Å². The first kappa shape index (κ1) is 20.6. The van der Waals surface area contributed by atoms with Crippen molar-refractivity contribution < 1.29 is 5.21 Å². The van der Waals surface area contributed by atoms with E-state index in [1.54, 1.807) is 0 Å². The minimum atomic E-state index is 0.674. The second-order valence-corrected chi connectivity index (χ2v) is 7.82. The lowest BCUT2D eigenvalue weighted by Crippen LogP contribution is -2.12. The van der Waals surface area contributed by atoms with Crippen LogP contribution in [-0.4, -0.2) is 5.21 Å². The number of para-hydroxylation sites is 2. The van der Waals surface area contributed by atoms with Crippen molar-refractivity contribution in [1.29, 1.82) is 0 Å². The van der Waals surface area contributed by atoms with Gasteiger partial charge in [-0.3, -0.25) is 5.21 Å². The van der Waals surface area contributed by atoms with Crippen LogP contribution in [0.5, 0.6) is 0 Å². The van der Waals surface area contributed by atoms with Crippen LogP contribution in [0.4, 0.5) is 22.7 Å². The molecule has 0 aliphatic heterocycles. The molecule has 3 heteroatoms. The smallest absolute Gasteiger partial charge is 0.0927 e. The summed E-state index contributed by atoms with van der Waals surface area (Å²) in [7, 11) is 0. The summed E-state index contributed by atoms with van der Waals surface area (Å²) in [6.45, 7) is 0. The summed E-state index contributed by atoms with van der Waals surface area (Å²) in [5.41, 5.74) is 7.59. The number of hydrogen-bond donors (Lipinski definition) is 2. The quantitative estimate of drug-likeness (QED) is 0.267. The van der Waals surface area contributed by atoms with Crippen molar-refractivity contribution in [3.05, 3.63) is 133 Å². The van der Waals surface area contributed by atoms with Crippen LogP contribution in [0.15, 0.2) is 133 Å². The fourth-order valence-electron chi connectivity index (χ4n) is 3.91. The minimum absolute atomic E-state index is 0.674. The minimum Gasteiger partial charge on any atom is -0.354 e. The zero-order chi connectivity index (χ0) is 22.5. The standard InChI is InChI=1S/C30H24N2O/c33-32(28-18-10-16-26(22-28)24-13-5-2-6-14-24)30-20-8-7-19-29(30)31-27-17-9-15-25(21-27)23-11-3-1-4-12-23/h1-22,31,33H. The zero-order valence-corrected chi connectivity index (χ0v) is 18.1. The molecule has 3 nitrogen and oxygen atoms in total. The van der Waals surface area contributed by atoms with Gasteiger partial charge in [-0.2, -0.15) is 0 Å². The van der Waals surface area contributed by atoms with Gasteiger partial charge >= 0.3 is 0 Å². The molecule has 0 atom stereocenters. The van der Waals surface area contributed by atoms with Crippen molar-refractivity contribution in [1.82, 2.24) is 0 Å². The topological polar surface area (TPSA) is 35.5 Å². The molecule has 33 heavy (non-hydrogen) atoms. The fraction of sp³-hybridized carbons (Fsp3) is 0. The maximum absolute atomic E-state index is 11.1. The lowest BCUT2D eigenvalue weighted by atomic mass is 10.0. The van der Waals surface area contributed by atoms with Crippen molar-refractivity contribution >= 4 is 22.7 Å². The predicted octanol–water partition coefficient (Wildman–Crippen LogP) is 8.29. The van der Waals surface area contributed by atoms with E-state index in [0.29, 0.717) is 11.4 Å². The summed E-state index contributed by atoms with van der Waals surface area (Å²) in [6, 6.07) is 44.4. The average Bonchev–Trinajstić information content (AvgIpc) is 2.90. The molecule has 0 spiro atoms. The van der Waals surface area contributed by atoms with Gasteiger partial charge in [0.2, 0.25) is 0 Å². The highest BCUT2D eigenvalue weighted by Crippen LogP contribution is 2.35. The Morgan fingerprint density at radius 3 is 1.73 bits per heavy atom. The number of rotatable bonds is 6. The SMILES string of the molecule is ON(c1cccc(-c2ccccc2)c1)c1ccccc1Nc1cccc(-c2ccccc2)c1. The highest BCUT2D eigenvalue weighted by atomic mass is 16.5. The predicted molar refractivity (Wildman–Crippen MR) is 137 cm³/mol. The first-order valence-corrected chi connectivity index (χ1v) is 10.9. The molecule has 0 heterocycles. The molecular formula is C30H24N2O. The van der Waals surface area contributed by atoms with Crippen LogP contribution in [0, 0.1) is 0 Å². The Morgan fingerprint density at radius 2 is 1.03 bits per heavy atom. The molecule has 0 saturated carbocycles. The summed E-state index contributed by atoms with van der Waals surface area (Å²) in [5, 5.41) is 15.9. The van der Waals surface area contributed by atoms with E-state index < -0.39 is 0 Å². The van der Waals surface area contributed by atoms with E-state index in [4.69, 9.17) is 0 Å². The third kappa shape index (κ3) is 4.64. The zero-order valence-electron chi connectivity index (χ0n) is 18.1. The summed E-state index contributed by atoms with van der Waals surface area (Å²) < 4.78 is 0. The Balaban J connectivity index is 1.44. The Morgan fingerprint density at radius 1 is 0.485 bits per heavy atom. The third-order valence-electron chi connectivity index (χ3n) is 5.58. The van der Waals surface area contributed by atoms with E-state index in [1.165, 1.54) is 5.06 Å². The Labute approximate surface area is 194 Å². The molecule has 5 aromatic rings. The molecule has 5 aromatic carbocycles. The molecule has 0 aliphatic rings. The van der Waals surface area contributed by atoms with Crippen LogP contribution in [-0.2, 0) is 0 Å². The van der Waals surface area contributed by atoms with E-state index in [0.717, 1.165) is 33.6 Å². The second kappa shape index (κ2) is 9.43. The van der Waals surface area contributed by atoms with Crippen molar-refractivity contribution in [2.45, 2.75) is 0 Å². The maximum Gasteiger partial charge on any atom is 0.0927 e. The highest BCUT2D eigenvalue weighted by molar-refractivity contribution is 5.81. The van der Waals surface area contributed by atoms with Gasteiger partial charge in [-0.1, -0.05) is 97.1 Å². The summed E-state index contributed by atoms with van der Waals surface area (Å²) in [6.07, 6.45) is 0. The van der Waals surface area contributed by atoms with Gasteiger partial charge in [0.05, 0.1) is 17.1 Å². The maximum atomic E-state index is 11.1. The van der Waals surface area contributed by atoms with Gasteiger partial charge in [-0.25, -0.2) is 5.06 Å². The first-order chi connectivity index (χ1) is 16.3. The summed E-state index contributed by atoms with van der Waals surface area (Å²) >= 11 is 0. The number of anilines is 4. The van der Waals surface area contributed by atoms with Gasteiger partial charge in [0, 0.05) is 5.69 Å². The monoisotopic (exact) mass is 428 g/mol. The molecule has 160 valence electrons. The van der Waals surface area contributed by atoms with Gasteiger partial charge in [-0.15, -0.1) is 0 Å². The number of benzene rings is 5. The Bertz CT molecular complexity index is 1350. The average molecular weight is 429 g/mol. The van der Waals surface area contributed by atoms with E-state index in [2.05, 4.69) is 41.7 Å². The molecule has 0 aliphatic carbocycles. The Kier molecular flexibility index (Phi) is 5.87. The number of nitrogens with zero attached hydrogens (tertiary/aromatic N) is 1. The molecule has 0 bridgehead atoms. The van der Waals surface area contributed by atoms with Crippen molar-refractivity contribution in [3.8, 4) is 22.3 Å². The fourth-order valence-corrected chi connectivity index (χ4v) is 3.91. The van der Waals surface area contributed by atoms with Crippen LogP contribution in [0.3, 0.4) is 0 Å². The molecular weight excluding hydrogens is 404 g/mol. The summed E-state index contributed by atoms with van der Waals surface area (Å²) in [4.78, 5) is 0. The van der Waals surface area contributed by atoms with Gasteiger partial charge in [0.1, 0.15) is 0 Å². The van der Waals surface area contributed by atoms with Crippen LogP contribution >= 0.6 is 0 Å². The Hall–Kier alpha value is -4.34. The highest BCUT2D eigenvalue weighted by Gasteiger charge is 2.12. The molecule has 0 unspecified atom stereocenters. The van der Waals surface area contributed by atoms with Crippen molar-refractivity contribution in [2.24, 2.45) is 0 Å². The molecule has 5 rings (SSSR count). The van der Waals surface area contributed by atoms with Gasteiger partial charge in [-0.05, 0) is 58.7 Å². The van der Waals surface area contributed by atoms with E-state index in [9.17, 15) is 5.21 Å². The largest absolute Gasteiger partial charge is 0.354 e. The molecule has 0 radical (unpaired) electrons. The lowest BCUT2D eigenvalue weighted by molar-refractivity contribution is 0.301. The van der Waals surface area contributed by atoms with Crippen LogP contribution in [0.2, 0.25) is 0 Å². The summed E-state index contributed by atoms with van der Waals surface area (Å²) in [5.74, 6) is 0. The van der Waals surface area contributed by atoms with Gasteiger partial charge < -0.3 is 5.32 Å². The molecule has 0 saturated heterocycles.